The molecule has 4 heterocycles. The molecular weight excluding hydrogens is 368 g/mol. The first-order valence-electron chi connectivity index (χ1n) is 9.05. The van der Waals surface area contributed by atoms with E-state index in [1.807, 2.05) is 42.7 Å². The Labute approximate surface area is 163 Å². The summed E-state index contributed by atoms with van der Waals surface area (Å²) in [7, 11) is -0.652. The fourth-order valence-corrected chi connectivity index (χ4v) is 5.11. The molecule has 7 heteroatoms. The number of nitrogens with zero attached hydrogens (tertiary/aromatic N) is 4. The lowest BCUT2D eigenvalue weighted by molar-refractivity contribution is 0.439. The largest absolute Gasteiger partial charge is 0.439 e. The smallest absolute Gasteiger partial charge is 0.226 e. The number of aromatic nitrogens is 4. The molecule has 6 rings (SSSR count). The van der Waals surface area contributed by atoms with Gasteiger partial charge in [0.25, 0.3) is 0 Å². The molecule has 4 aromatic rings. The Morgan fingerprint density at radius 2 is 1.75 bits per heavy atom. The van der Waals surface area contributed by atoms with Crippen molar-refractivity contribution in [3.63, 3.8) is 0 Å². The minimum absolute atomic E-state index is 0.620. The predicted octanol–water partition coefficient (Wildman–Crippen LogP) is 1.86. The summed E-state index contributed by atoms with van der Waals surface area (Å²) >= 11 is 0. The van der Waals surface area contributed by atoms with Gasteiger partial charge in [-0.05, 0) is 22.9 Å². The number of fused-ring (bicyclic) bond motifs is 4. The average Bonchev–Trinajstić information content (AvgIpc) is 2.75. The number of ether oxygens (including phenoxy) is 2. The maximum atomic E-state index is 6.01. The monoisotopic (exact) mass is 382 g/mol. The highest BCUT2D eigenvalue weighted by Crippen LogP contribution is 2.35. The van der Waals surface area contributed by atoms with E-state index in [1.54, 1.807) is 0 Å². The highest BCUT2D eigenvalue weighted by Gasteiger charge is 2.22. The number of hydrogen-bond donors (Lipinski definition) is 0. The Hall–Kier alpha value is -3.58. The van der Waals surface area contributed by atoms with Crippen molar-refractivity contribution in [2.45, 2.75) is 6.42 Å². The summed E-state index contributed by atoms with van der Waals surface area (Å²) in [6.45, 7) is 0. The molecule has 0 amide bonds. The molecule has 0 atom stereocenters. The molecule has 0 spiro atoms. The van der Waals surface area contributed by atoms with Crippen LogP contribution in [0.4, 0.5) is 0 Å². The highest BCUT2D eigenvalue weighted by molar-refractivity contribution is 6.69. The molecule has 0 bridgehead atoms. The zero-order valence-electron chi connectivity index (χ0n) is 14.8. The van der Waals surface area contributed by atoms with Gasteiger partial charge in [-0.2, -0.15) is 4.98 Å². The van der Waals surface area contributed by atoms with Crippen LogP contribution >= 0.6 is 0 Å². The molecule has 0 saturated heterocycles. The number of para-hydroxylation sites is 1. The SMILES string of the molecule is c1ccc2c(c1)Cc1cnc(-c3ccc4c(c3)Oc3ncncc3[SiH2]4)nc1O2. The maximum Gasteiger partial charge on any atom is 0.226 e. The van der Waals surface area contributed by atoms with Gasteiger partial charge in [-0.1, -0.05) is 30.3 Å². The lowest BCUT2D eigenvalue weighted by Crippen LogP contribution is -2.34. The minimum Gasteiger partial charge on any atom is -0.439 e. The van der Waals surface area contributed by atoms with Crippen molar-refractivity contribution in [3.8, 4) is 34.6 Å². The molecule has 2 aliphatic heterocycles. The molecule has 2 aliphatic rings. The van der Waals surface area contributed by atoms with Crippen molar-refractivity contribution in [3.05, 3.63) is 72.3 Å². The van der Waals surface area contributed by atoms with E-state index in [0.717, 1.165) is 39.8 Å². The van der Waals surface area contributed by atoms with Crippen molar-refractivity contribution < 1.29 is 9.47 Å². The van der Waals surface area contributed by atoms with Gasteiger partial charge in [0.2, 0.25) is 11.8 Å². The van der Waals surface area contributed by atoms with Crippen LogP contribution in [0.3, 0.4) is 0 Å². The van der Waals surface area contributed by atoms with Gasteiger partial charge >= 0.3 is 0 Å². The van der Waals surface area contributed by atoms with Crippen LogP contribution in [0.15, 0.2) is 61.2 Å². The average molecular weight is 382 g/mol. The zero-order chi connectivity index (χ0) is 18.5. The van der Waals surface area contributed by atoms with Gasteiger partial charge in [-0.15, -0.1) is 0 Å². The van der Waals surface area contributed by atoms with Gasteiger partial charge in [0, 0.05) is 35.1 Å². The molecule has 2 aromatic carbocycles. The van der Waals surface area contributed by atoms with Gasteiger partial charge in [-0.25, -0.2) is 15.0 Å². The van der Waals surface area contributed by atoms with Crippen LogP contribution in [0, 0.1) is 0 Å². The minimum atomic E-state index is -0.652. The fourth-order valence-electron chi connectivity index (χ4n) is 3.60. The Morgan fingerprint density at radius 3 is 2.75 bits per heavy atom. The lowest BCUT2D eigenvalue weighted by atomic mass is 10.0. The van der Waals surface area contributed by atoms with Gasteiger partial charge in [0.1, 0.15) is 27.3 Å². The summed E-state index contributed by atoms with van der Waals surface area (Å²) in [6.07, 6.45) is 6.00. The lowest BCUT2D eigenvalue weighted by Gasteiger charge is -2.20. The number of hydrogen-bond acceptors (Lipinski definition) is 6. The van der Waals surface area contributed by atoms with Gasteiger partial charge < -0.3 is 9.47 Å². The van der Waals surface area contributed by atoms with E-state index in [-0.39, 0.29) is 0 Å². The number of benzene rings is 2. The third-order valence-electron chi connectivity index (χ3n) is 5.04. The first-order valence-corrected chi connectivity index (χ1v) is 10.5. The van der Waals surface area contributed by atoms with E-state index < -0.39 is 9.52 Å². The second-order valence-electron chi connectivity index (χ2n) is 6.87. The fraction of sp³-hybridized carbons (Fsp3) is 0.0476. The molecule has 134 valence electrons. The Balaban J connectivity index is 1.36. The van der Waals surface area contributed by atoms with Crippen molar-refractivity contribution >= 4 is 19.9 Å². The molecular formula is C21H14N4O2Si. The normalized spacial score (nSPS) is 14.1. The first kappa shape index (κ1) is 15.5. The zero-order valence-corrected chi connectivity index (χ0v) is 16.2. The van der Waals surface area contributed by atoms with Gasteiger partial charge in [0.05, 0.1) is 0 Å². The van der Waals surface area contributed by atoms with Crippen LogP contribution in [-0.2, 0) is 6.42 Å². The third-order valence-corrected chi connectivity index (χ3v) is 6.88. The third kappa shape index (κ3) is 2.48. The van der Waals surface area contributed by atoms with Gasteiger partial charge in [0.15, 0.2) is 5.82 Å². The van der Waals surface area contributed by atoms with Crippen molar-refractivity contribution in [2.24, 2.45) is 0 Å². The van der Waals surface area contributed by atoms with E-state index in [1.165, 1.54) is 11.5 Å². The second-order valence-corrected chi connectivity index (χ2v) is 8.74. The molecule has 6 nitrogen and oxygen atoms in total. The predicted molar refractivity (Wildman–Crippen MR) is 107 cm³/mol. The van der Waals surface area contributed by atoms with Gasteiger partial charge in [-0.3, -0.25) is 0 Å². The van der Waals surface area contributed by atoms with Crippen LogP contribution < -0.4 is 19.8 Å². The van der Waals surface area contributed by atoms with E-state index in [4.69, 9.17) is 9.47 Å². The summed E-state index contributed by atoms with van der Waals surface area (Å²) in [5.74, 6) is 3.60. The molecule has 2 aromatic heterocycles. The number of rotatable bonds is 1. The van der Waals surface area contributed by atoms with E-state index >= 15 is 0 Å². The molecule has 28 heavy (non-hydrogen) atoms. The Kier molecular flexibility index (Phi) is 3.30. The van der Waals surface area contributed by atoms with Crippen LogP contribution in [0.5, 0.6) is 23.3 Å². The molecule has 0 radical (unpaired) electrons. The molecule has 0 aliphatic carbocycles. The molecule has 0 unspecified atom stereocenters. The molecule has 0 N–H and O–H groups in total. The topological polar surface area (TPSA) is 70.0 Å². The van der Waals surface area contributed by atoms with E-state index in [0.29, 0.717) is 17.6 Å². The van der Waals surface area contributed by atoms with E-state index in [9.17, 15) is 0 Å². The summed E-state index contributed by atoms with van der Waals surface area (Å²) in [5, 5.41) is 2.36. The van der Waals surface area contributed by atoms with Crippen LogP contribution in [0.2, 0.25) is 0 Å². The summed E-state index contributed by atoms with van der Waals surface area (Å²) in [5.41, 5.74) is 3.05. The summed E-state index contributed by atoms with van der Waals surface area (Å²) in [4.78, 5) is 17.6. The summed E-state index contributed by atoms with van der Waals surface area (Å²) in [6, 6.07) is 14.2. The van der Waals surface area contributed by atoms with Crippen molar-refractivity contribution in [1.82, 2.24) is 19.9 Å². The van der Waals surface area contributed by atoms with Crippen molar-refractivity contribution in [1.29, 1.82) is 0 Å². The maximum absolute atomic E-state index is 6.01. The van der Waals surface area contributed by atoms with Crippen molar-refractivity contribution in [2.75, 3.05) is 0 Å². The molecule has 0 fully saturated rings. The Morgan fingerprint density at radius 1 is 0.821 bits per heavy atom. The van der Waals surface area contributed by atoms with Crippen LogP contribution in [-0.4, -0.2) is 29.5 Å². The highest BCUT2D eigenvalue weighted by atomic mass is 28.2. The first-order chi connectivity index (χ1) is 13.8. The molecule has 0 saturated carbocycles. The van der Waals surface area contributed by atoms with Crippen LogP contribution in [0.1, 0.15) is 11.1 Å². The van der Waals surface area contributed by atoms with Crippen LogP contribution in [0.25, 0.3) is 11.4 Å². The second kappa shape index (κ2) is 5.96. The Bertz CT molecular complexity index is 1150. The quantitative estimate of drug-likeness (QED) is 0.404. The summed E-state index contributed by atoms with van der Waals surface area (Å²) < 4.78 is 12.0. The standard InChI is InChI=1S/C21H14N4O2Si/c1-2-4-15-12(3-1)7-14-9-23-19(25-20(14)26-15)13-5-6-17-16(8-13)27-21-18(28-17)10-22-11-24-21/h1-6,8-11H,7,28H2. The van der Waals surface area contributed by atoms with E-state index in [2.05, 4.69) is 32.1 Å².